The van der Waals surface area contributed by atoms with E-state index in [9.17, 15) is 18.4 Å². The minimum absolute atomic E-state index is 0.0894. The van der Waals surface area contributed by atoms with Crippen LogP contribution in [0.15, 0.2) is 97.1 Å². The third-order valence-electron chi connectivity index (χ3n) is 8.58. The Hall–Kier alpha value is -4.20. The quantitative estimate of drug-likeness (QED) is 0.165. The molecule has 4 aromatic carbocycles. The molecule has 7 heteroatoms. The zero-order valence-electron chi connectivity index (χ0n) is 27.0. The van der Waals surface area contributed by atoms with Crippen LogP contribution >= 0.6 is 0 Å². The van der Waals surface area contributed by atoms with Gasteiger partial charge in [-0.1, -0.05) is 100 Å². The van der Waals surface area contributed by atoms with Crippen LogP contribution in [0.4, 0.5) is 8.78 Å². The van der Waals surface area contributed by atoms with Crippen molar-refractivity contribution in [3.8, 4) is 11.1 Å². The van der Waals surface area contributed by atoms with Crippen molar-refractivity contribution < 1.29 is 18.4 Å². The van der Waals surface area contributed by atoms with Gasteiger partial charge in [0.25, 0.3) is 5.91 Å². The molecule has 1 heterocycles. The Morgan fingerprint density at radius 1 is 0.848 bits per heavy atom. The van der Waals surface area contributed by atoms with E-state index in [1.165, 1.54) is 16.7 Å². The molecule has 4 aromatic rings. The van der Waals surface area contributed by atoms with Crippen molar-refractivity contribution >= 4 is 11.7 Å². The zero-order valence-corrected chi connectivity index (χ0v) is 27.0. The lowest BCUT2D eigenvalue weighted by Crippen LogP contribution is -2.44. The van der Waals surface area contributed by atoms with Crippen molar-refractivity contribution in [1.82, 2.24) is 15.1 Å². The first-order valence-electron chi connectivity index (χ1n) is 16.1. The monoisotopic (exact) mass is 623 g/mol. The predicted octanol–water partition coefficient (Wildman–Crippen LogP) is 7.60. The summed E-state index contributed by atoms with van der Waals surface area (Å²) in [5.74, 6) is -2.22. The molecule has 0 bridgehead atoms. The Bertz CT molecular complexity index is 1660. The number of rotatable bonds is 12. The molecule has 1 amide bonds. The van der Waals surface area contributed by atoms with Crippen LogP contribution in [0, 0.1) is 17.6 Å². The highest BCUT2D eigenvalue weighted by molar-refractivity contribution is 6.15. The third-order valence-corrected chi connectivity index (χ3v) is 8.58. The van der Waals surface area contributed by atoms with Gasteiger partial charge in [0, 0.05) is 55.9 Å². The predicted molar refractivity (Wildman–Crippen MR) is 180 cm³/mol. The van der Waals surface area contributed by atoms with E-state index >= 15 is 0 Å². The van der Waals surface area contributed by atoms with Gasteiger partial charge in [-0.25, -0.2) is 8.78 Å². The summed E-state index contributed by atoms with van der Waals surface area (Å²) >= 11 is 0. The van der Waals surface area contributed by atoms with E-state index in [2.05, 4.69) is 86.4 Å². The molecule has 1 unspecified atom stereocenters. The summed E-state index contributed by atoms with van der Waals surface area (Å²) in [5, 5.41) is 3.52. The summed E-state index contributed by atoms with van der Waals surface area (Å²) in [6, 6.07) is 28.5. The fourth-order valence-corrected chi connectivity index (χ4v) is 6.40. The van der Waals surface area contributed by atoms with Crippen LogP contribution in [0.2, 0.25) is 0 Å². The topological polar surface area (TPSA) is 52.6 Å². The van der Waals surface area contributed by atoms with E-state index in [-0.39, 0.29) is 40.7 Å². The van der Waals surface area contributed by atoms with Crippen molar-refractivity contribution in [2.45, 2.75) is 58.8 Å². The molecule has 0 aliphatic carbocycles. The van der Waals surface area contributed by atoms with Gasteiger partial charge >= 0.3 is 0 Å². The van der Waals surface area contributed by atoms with Gasteiger partial charge < -0.3 is 10.2 Å². The van der Waals surface area contributed by atoms with Crippen molar-refractivity contribution in [2.75, 3.05) is 19.6 Å². The molecule has 0 spiro atoms. The van der Waals surface area contributed by atoms with E-state index in [1.807, 2.05) is 11.0 Å². The van der Waals surface area contributed by atoms with E-state index in [4.69, 9.17) is 0 Å². The van der Waals surface area contributed by atoms with Gasteiger partial charge in [-0.15, -0.1) is 0 Å². The zero-order chi connectivity index (χ0) is 32.8. The van der Waals surface area contributed by atoms with Crippen molar-refractivity contribution in [2.24, 2.45) is 5.92 Å². The highest BCUT2D eigenvalue weighted by Crippen LogP contribution is 2.30. The second kappa shape index (κ2) is 14.9. The van der Waals surface area contributed by atoms with Gasteiger partial charge in [-0.3, -0.25) is 14.5 Å². The van der Waals surface area contributed by atoms with Gasteiger partial charge in [-0.2, -0.15) is 0 Å². The molecule has 1 fully saturated rings. The summed E-state index contributed by atoms with van der Waals surface area (Å²) < 4.78 is 28.3. The van der Waals surface area contributed by atoms with Gasteiger partial charge in [0.05, 0.1) is 11.1 Å². The molecule has 1 aliphatic heterocycles. The van der Waals surface area contributed by atoms with Gasteiger partial charge in [-0.05, 0) is 47.2 Å². The van der Waals surface area contributed by atoms with Crippen LogP contribution in [0.25, 0.3) is 11.1 Å². The van der Waals surface area contributed by atoms with Crippen LogP contribution in [0.1, 0.15) is 66.0 Å². The lowest BCUT2D eigenvalue weighted by atomic mass is 9.97. The van der Waals surface area contributed by atoms with Crippen molar-refractivity contribution in [3.05, 3.63) is 131 Å². The fraction of sp³-hybridized carbons (Fsp3) is 0.333. The maximum atomic E-state index is 14.6. The van der Waals surface area contributed by atoms with Gasteiger partial charge in [0.2, 0.25) is 0 Å². The Balaban J connectivity index is 1.46. The second-order valence-corrected chi connectivity index (χ2v) is 12.9. The molecule has 1 aliphatic rings. The minimum atomic E-state index is -0.951. The largest absolute Gasteiger partial charge is 0.333 e. The van der Waals surface area contributed by atoms with Crippen LogP contribution in [0.5, 0.6) is 0 Å². The Morgan fingerprint density at radius 3 is 2.22 bits per heavy atom. The number of halogens is 2. The second-order valence-electron chi connectivity index (χ2n) is 12.9. The number of carbonyl (C=O) groups excluding carboxylic acids is 2. The molecule has 5 nitrogen and oxygen atoms in total. The number of likely N-dealkylation sites (tertiary alicyclic amines) is 1. The maximum Gasteiger partial charge on any atom is 0.254 e. The smallest absolute Gasteiger partial charge is 0.254 e. The first-order chi connectivity index (χ1) is 22.1. The fourth-order valence-electron chi connectivity index (χ4n) is 6.40. The molecular formula is C39H43F2N3O2. The molecule has 240 valence electrons. The van der Waals surface area contributed by atoms with Crippen molar-refractivity contribution in [1.29, 1.82) is 0 Å². The Morgan fingerprint density at radius 2 is 1.52 bits per heavy atom. The molecule has 2 atom stereocenters. The first-order valence-corrected chi connectivity index (χ1v) is 16.1. The number of nitrogens with one attached hydrogen (secondary N) is 1. The summed E-state index contributed by atoms with van der Waals surface area (Å²) in [4.78, 5) is 32.2. The molecule has 1 saturated heterocycles. The van der Waals surface area contributed by atoms with E-state index < -0.39 is 17.4 Å². The van der Waals surface area contributed by atoms with Crippen LogP contribution < -0.4 is 5.32 Å². The maximum absolute atomic E-state index is 14.6. The number of hydrogen-bond acceptors (Lipinski definition) is 4. The third kappa shape index (κ3) is 7.77. The number of carbonyl (C=O) groups is 2. The standard InChI is InChI=1S/C39H43F2N3O2/c1-26(2)23-43(24-29-14-8-9-15-33(29)28-12-6-5-7-13-28)32-21-31(22-42-27(3)4)44(25-32)39(46)35-17-11-10-16-34(35)38(45)36-19-18-30(40)20-37(36)41/h5-20,26-27,31-32,42H,21-25H2,1-4H3/t31-,32?/m0/s1. The highest BCUT2D eigenvalue weighted by Gasteiger charge is 2.39. The van der Waals surface area contributed by atoms with Crippen LogP contribution in [0.3, 0.4) is 0 Å². The minimum Gasteiger partial charge on any atom is -0.333 e. The molecule has 0 radical (unpaired) electrons. The normalized spacial score (nSPS) is 16.5. The molecule has 1 N–H and O–H groups in total. The molecule has 0 saturated carbocycles. The average Bonchev–Trinajstić information content (AvgIpc) is 3.48. The average molecular weight is 624 g/mol. The van der Waals surface area contributed by atoms with E-state index in [0.29, 0.717) is 25.1 Å². The molecule has 0 aromatic heterocycles. The Labute approximate surface area is 271 Å². The summed E-state index contributed by atoms with van der Waals surface area (Å²) in [5.41, 5.74) is 3.65. The van der Waals surface area contributed by atoms with Crippen molar-refractivity contribution in [3.63, 3.8) is 0 Å². The number of ketones is 1. The summed E-state index contributed by atoms with van der Waals surface area (Å²) in [6.07, 6.45) is 0.772. The van der Waals surface area contributed by atoms with Gasteiger partial charge in [0.1, 0.15) is 11.6 Å². The first kappa shape index (κ1) is 33.2. The molecular weight excluding hydrogens is 580 g/mol. The number of nitrogens with zero attached hydrogens (tertiary/aromatic N) is 2. The summed E-state index contributed by atoms with van der Waals surface area (Å²) in [7, 11) is 0. The van der Waals surface area contributed by atoms with Crippen LogP contribution in [-0.2, 0) is 6.54 Å². The van der Waals surface area contributed by atoms with Gasteiger partial charge in [0.15, 0.2) is 5.78 Å². The number of benzene rings is 4. The molecule has 46 heavy (non-hydrogen) atoms. The summed E-state index contributed by atoms with van der Waals surface area (Å²) in [6.45, 7) is 11.3. The highest BCUT2D eigenvalue weighted by atomic mass is 19.1. The molecule has 5 rings (SSSR count). The van der Waals surface area contributed by atoms with E-state index in [1.54, 1.807) is 24.3 Å². The number of hydrogen-bond donors (Lipinski definition) is 1. The number of amides is 1. The van der Waals surface area contributed by atoms with Crippen LogP contribution in [-0.4, -0.2) is 59.3 Å². The lowest BCUT2D eigenvalue weighted by Gasteiger charge is -2.31. The van der Waals surface area contributed by atoms with E-state index in [0.717, 1.165) is 31.6 Å². The lowest BCUT2D eigenvalue weighted by molar-refractivity contribution is 0.0716. The Kier molecular flexibility index (Phi) is 10.8. The SMILES string of the molecule is CC(C)CN(Cc1ccccc1-c1ccccc1)C1C[C@@H](CNC(C)C)N(C(=O)c2ccccc2C(=O)c2ccc(F)cc2F)C1.